The van der Waals surface area contributed by atoms with Gasteiger partial charge in [0.1, 0.15) is 17.2 Å². The van der Waals surface area contributed by atoms with Gasteiger partial charge >= 0.3 is 6.09 Å². The minimum atomic E-state index is -0.729. The maximum Gasteiger partial charge on any atom is 0.410 e. The lowest BCUT2D eigenvalue weighted by Crippen LogP contribution is -2.65. The van der Waals surface area contributed by atoms with Crippen LogP contribution in [0, 0.1) is 11.6 Å². The molecule has 3 aliphatic rings. The highest BCUT2D eigenvalue weighted by atomic mass is 19.1. The van der Waals surface area contributed by atoms with Gasteiger partial charge in [-0.2, -0.15) is 0 Å². The van der Waals surface area contributed by atoms with Gasteiger partial charge in [-0.25, -0.2) is 13.6 Å². The van der Waals surface area contributed by atoms with Crippen molar-refractivity contribution < 1.29 is 27.8 Å². The summed E-state index contributed by atoms with van der Waals surface area (Å²) in [6.45, 7) is 19.0. The van der Waals surface area contributed by atoms with Gasteiger partial charge in [0, 0.05) is 79.5 Å². The molecule has 10 nitrogen and oxygen atoms in total. The van der Waals surface area contributed by atoms with Crippen molar-refractivity contribution in [1.29, 1.82) is 0 Å². The van der Waals surface area contributed by atoms with Gasteiger partial charge in [-0.1, -0.05) is 19.9 Å². The Hall–Kier alpha value is -3.35. The molecule has 0 spiro atoms. The summed E-state index contributed by atoms with van der Waals surface area (Å²) in [6, 6.07) is 4.99. The normalized spacial score (nSPS) is 25.1. The zero-order valence-corrected chi connectivity index (χ0v) is 28.9. The number of benzene rings is 1. The van der Waals surface area contributed by atoms with Crippen LogP contribution in [0.3, 0.4) is 0 Å². The number of ether oxygens (including phenoxy) is 2. The number of rotatable bonds is 6. The molecule has 3 aliphatic heterocycles. The molecule has 12 heteroatoms. The van der Waals surface area contributed by atoms with Crippen molar-refractivity contribution in [3.05, 3.63) is 63.1 Å². The highest BCUT2D eigenvalue weighted by Gasteiger charge is 2.43. The Morgan fingerprint density at radius 2 is 1.70 bits per heavy atom. The van der Waals surface area contributed by atoms with Crippen molar-refractivity contribution >= 4 is 17.7 Å². The van der Waals surface area contributed by atoms with Crippen LogP contribution in [0.2, 0.25) is 0 Å². The number of carbonyl (C=O) groups excluding carboxylic acids is 2. The molecule has 1 N–H and O–H groups in total. The van der Waals surface area contributed by atoms with Gasteiger partial charge in [-0.15, -0.1) is 0 Å². The van der Waals surface area contributed by atoms with Gasteiger partial charge in [0.2, 0.25) is 5.91 Å². The van der Waals surface area contributed by atoms with Crippen LogP contribution >= 0.6 is 0 Å². The van der Waals surface area contributed by atoms with Crippen LogP contribution in [0.4, 0.5) is 19.3 Å². The summed E-state index contributed by atoms with van der Waals surface area (Å²) < 4.78 is 39.5. The van der Waals surface area contributed by atoms with Crippen molar-refractivity contribution in [2.45, 2.75) is 97.0 Å². The monoisotopic (exact) mass is 657 g/mol. The van der Waals surface area contributed by atoms with E-state index in [0.29, 0.717) is 50.8 Å². The van der Waals surface area contributed by atoms with E-state index >= 15 is 0 Å². The molecule has 0 bridgehead atoms. The SMILES string of the molecule is CC1COCC(C)N1C[C@H]1CN(C(=O)OC(C)(C)C)[C@H](C)CN1CC(=O)N1CC(C)(C)c2[nH]c(=O)c(Cc3ccc(F)cc3F)cc21. The van der Waals surface area contributed by atoms with E-state index in [0.717, 1.165) is 12.1 Å². The molecule has 0 saturated carbocycles. The highest BCUT2D eigenvalue weighted by molar-refractivity contribution is 5.97. The largest absolute Gasteiger partial charge is 0.444 e. The van der Waals surface area contributed by atoms with E-state index < -0.39 is 22.7 Å². The van der Waals surface area contributed by atoms with Gasteiger partial charge in [-0.3, -0.25) is 19.4 Å². The Morgan fingerprint density at radius 1 is 1.02 bits per heavy atom. The maximum atomic E-state index is 14.5. The number of piperazine rings is 1. The van der Waals surface area contributed by atoms with E-state index in [-0.39, 0.29) is 65.8 Å². The van der Waals surface area contributed by atoms with Crippen molar-refractivity contribution in [3.63, 3.8) is 0 Å². The van der Waals surface area contributed by atoms with Crippen molar-refractivity contribution in [1.82, 2.24) is 19.7 Å². The number of carbonyl (C=O) groups is 2. The molecular formula is C35H49F2N5O5. The van der Waals surface area contributed by atoms with Crippen LogP contribution < -0.4 is 10.5 Å². The molecule has 2 unspecified atom stereocenters. The molecule has 4 heterocycles. The Kier molecular flexibility index (Phi) is 9.88. The fourth-order valence-electron chi connectivity index (χ4n) is 7.02. The molecule has 1 aromatic heterocycles. The number of aromatic amines is 1. The predicted octanol–water partition coefficient (Wildman–Crippen LogP) is 4.29. The Bertz CT molecular complexity index is 1550. The summed E-state index contributed by atoms with van der Waals surface area (Å²) in [5.41, 5.74) is 0.195. The van der Waals surface area contributed by atoms with E-state index in [1.165, 1.54) is 6.07 Å². The first kappa shape index (κ1) is 35.0. The summed E-state index contributed by atoms with van der Waals surface area (Å²) in [5.74, 6) is -1.55. The number of nitrogens with zero attached hydrogens (tertiary/aromatic N) is 4. The number of pyridine rings is 1. The van der Waals surface area contributed by atoms with Crippen molar-refractivity contribution in [2.75, 3.05) is 50.8 Å². The lowest BCUT2D eigenvalue weighted by atomic mass is 9.91. The van der Waals surface area contributed by atoms with Crippen LogP contribution in [0.15, 0.2) is 29.1 Å². The first-order chi connectivity index (χ1) is 21.9. The van der Waals surface area contributed by atoms with Crippen LogP contribution in [0.25, 0.3) is 0 Å². The average Bonchev–Trinajstić information content (AvgIpc) is 3.22. The lowest BCUT2D eigenvalue weighted by Gasteiger charge is -2.48. The second-order valence-electron chi connectivity index (χ2n) is 15.2. The number of fused-ring (bicyclic) bond motifs is 1. The van der Waals surface area contributed by atoms with E-state index in [1.54, 1.807) is 15.9 Å². The number of nitrogens with one attached hydrogen (secondary N) is 1. The van der Waals surface area contributed by atoms with Crippen LogP contribution in [0.5, 0.6) is 0 Å². The standard InChI is InChI=1S/C35H49F2N5O5/c1-21-14-39(27(15-40-22(2)18-46-19-23(40)3)16-41(21)33(45)47-34(4,5)6)17-30(43)42-20-35(7,8)31-29(42)12-25(32(44)38-31)11-24-9-10-26(36)13-28(24)37/h9-10,12-13,21-23,27H,11,14-20H2,1-8H3,(H,38,44)/t21-,22?,23?,27+/m1/s1. The predicted molar refractivity (Wildman–Crippen MR) is 176 cm³/mol. The molecule has 2 aromatic rings. The van der Waals surface area contributed by atoms with Gasteiger partial charge in [0.25, 0.3) is 5.56 Å². The smallest absolute Gasteiger partial charge is 0.410 e. The average molecular weight is 658 g/mol. The third-order valence-corrected chi connectivity index (χ3v) is 9.51. The molecule has 0 aliphatic carbocycles. The van der Waals surface area contributed by atoms with Gasteiger partial charge in [0.05, 0.1) is 25.4 Å². The van der Waals surface area contributed by atoms with E-state index in [1.807, 2.05) is 41.5 Å². The van der Waals surface area contributed by atoms with E-state index in [2.05, 4.69) is 28.6 Å². The summed E-state index contributed by atoms with van der Waals surface area (Å²) in [7, 11) is 0. The van der Waals surface area contributed by atoms with Gasteiger partial charge < -0.3 is 24.3 Å². The van der Waals surface area contributed by atoms with Crippen molar-refractivity contribution in [2.24, 2.45) is 0 Å². The van der Waals surface area contributed by atoms with Gasteiger partial charge in [-0.05, 0) is 59.2 Å². The molecule has 4 atom stereocenters. The number of aromatic nitrogens is 1. The third-order valence-electron chi connectivity index (χ3n) is 9.51. The molecule has 258 valence electrons. The lowest BCUT2D eigenvalue weighted by molar-refractivity contribution is -0.122. The molecule has 5 rings (SSSR count). The Labute approximate surface area is 276 Å². The molecule has 2 fully saturated rings. The van der Waals surface area contributed by atoms with E-state index in [9.17, 15) is 23.2 Å². The fourth-order valence-corrected chi connectivity index (χ4v) is 7.02. The number of hydrogen-bond acceptors (Lipinski definition) is 7. The first-order valence-corrected chi connectivity index (χ1v) is 16.5. The highest BCUT2D eigenvalue weighted by Crippen LogP contribution is 2.39. The first-order valence-electron chi connectivity index (χ1n) is 16.5. The van der Waals surface area contributed by atoms with Gasteiger partial charge in [0.15, 0.2) is 0 Å². The van der Waals surface area contributed by atoms with Crippen LogP contribution in [0.1, 0.15) is 72.2 Å². The maximum absolute atomic E-state index is 14.5. The number of amides is 2. The summed E-state index contributed by atoms with van der Waals surface area (Å²) >= 11 is 0. The second-order valence-corrected chi connectivity index (χ2v) is 15.2. The second kappa shape index (κ2) is 13.3. The number of H-pyrrole nitrogens is 1. The van der Waals surface area contributed by atoms with Crippen LogP contribution in [-0.2, 0) is 26.1 Å². The summed E-state index contributed by atoms with van der Waals surface area (Å²) in [4.78, 5) is 51.6. The number of halogens is 2. The summed E-state index contributed by atoms with van der Waals surface area (Å²) in [6.07, 6.45) is -0.410. The zero-order valence-electron chi connectivity index (χ0n) is 28.9. The number of hydrogen-bond donors (Lipinski definition) is 1. The Morgan fingerprint density at radius 3 is 2.34 bits per heavy atom. The molecular weight excluding hydrogens is 608 g/mol. The third kappa shape index (κ3) is 7.70. The number of morpholine rings is 1. The topological polar surface area (TPSA) is 98.4 Å². The zero-order chi connectivity index (χ0) is 34.4. The molecule has 1 aromatic carbocycles. The van der Waals surface area contributed by atoms with Crippen molar-refractivity contribution in [3.8, 4) is 0 Å². The molecule has 2 saturated heterocycles. The minimum Gasteiger partial charge on any atom is -0.444 e. The minimum absolute atomic E-state index is 0.0423. The molecule has 47 heavy (non-hydrogen) atoms. The Balaban J connectivity index is 1.41. The quantitative estimate of drug-likeness (QED) is 0.495. The van der Waals surface area contributed by atoms with E-state index in [4.69, 9.17) is 9.47 Å². The molecule has 2 amide bonds. The van der Waals surface area contributed by atoms with Crippen LogP contribution in [-0.4, -0.2) is 107 Å². The summed E-state index contributed by atoms with van der Waals surface area (Å²) in [5, 5.41) is 0. The molecule has 0 radical (unpaired) electrons. The fraction of sp³-hybridized carbons (Fsp3) is 0.629. The number of anilines is 1.